The molecular formula is C16H25N3OS. The maximum absolute atomic E-state index is 10.5. The molecule has 1 unspecified atom stereocenters. The monoisotopic (exact) mass is 307 g/mol. The molecule has 0 saturated carbocycles. The first kappa shape index (κ1) is 16.2. The Kier molecular flexibility index (Phi) is 4.84. The van der Waals surface area contributed by atoms with Gasteiger partial charge in [-0.25, -0.2) is 4.98 Å². The van der Waals surface area contributed by atoms with Crippen molar-refractivity contribution >= 4 is 11.3 Å². The van der Waals surface area contributed by atoms with Gasteiger partial charge in [0.25, 0.3) is 0 Å². The average Bonchev–Trinajstić information content (AvgIpc) is 3.03. The summed E-state index contributed by atoms with van der Waals surface area (Å²) < 4.78 is 1.89. The van der Waals surface area contributed by atoms with E-state index in [1.807, 2.05) is 17.7 Å². The highest BCUT2D eigenvalue weighted by molar-refractivity contribution is 7.09. The Morgan fingerprint density at radius 2 is 2.05 bits per heavy atom. The summed E-state index contributed by atoms with van der Waals surface area (Å²) in [6.07, 6.45) is 0.894. The third-order valence-electron chi connectivity index (χ3n) is 3.55. The van der Waals surface area contributed by atoms with E-state index in [0.29, 0.717) is 6.42 Å². The van der Waals surface area contributed by atoms with Gasteiger partial charge in [0.2, 0.25) is 0 Å². The zero-order valence-corrected chi connectivity index (χ0v) is 14.4. The molecule has 5 heteroatoms. The van der Waals surface area contributed by atoms with Crippen molar-refractivity contribution in [3.05, 3.63) is 33.5 Å². The summed E-state index contributed by atoms with van der Waals surface area (Å²) in [6.45, 7) is 11.4. The minimum absolute atomic E-state index is 0.0558. The van der Waals surface area contributed by atoms with E-state index < -0.39 is 6.10 Å². The van der Waals surface area contributed by atoms with E-state index in [1.54, 1.807) is 11.3 Å². The molecule has 0 aliphatic carbocycles. The highest BCUT2D eigenvalue weighted by atomic mass is 32.1. The van der Waals surface area contributed by atoms with Crippen LogP contribution >= 0.6 is 11.3 Å². The van der Waals surface area contributed by atoms with E-state index in [2.05, 4.69) is 43.2 Å². The molecular weight excluding hydrogens is 282 g/mol. The van der Waals surface area contributed by atoms with Gasteiger partial charge in [-0.15, -0.1) is 11.3 Å². The Labute approximate surface area is 130 Å². The highest BCUT2D eigenvalue weighted by Gasteiger charge is 2.20. The van der Waals surface area contributed by atoms with Crippen LogP contribution in [0.15, 0.2) is 11.4 Å². The molecule has 21 heavy (non-hydrogen) atoms. The van der Waals surface area contributed by atoms with E-state index in [-0.39, 0.29) is 5.41 Å². The maximum Gasteiger partial charge on any atom is 0.102 e. The van der Waals surface area contributed by atoms with E-state index in [9.17, 15) is 5.11 Å². The maximum atomic E-state index is 10.5. The summed E-state index contributed by atoms with van der Waals surface area (Å²) in [7, 11) is 0. The molecule has 0 bridgehead atoms. The second-order valence-corrected chi connectivity index (χ2v) is 7.27. The predicted molar refractivity (Wildman–Crippen MR) is 86.8 cm³/mol. The number of rotatable bonds is 5. The van der Waals surface area contributed by atoms with Crippen molar-refractivity contribution in [2.45, 2.75) is 65.5 Å². The van der Waals surface area contributed by atoms with Gasteiger partial charge in [0.15, 0.2) is 0 Å². The highest BCUT2D eigenvalue weighted by Crippen LogP contribution is 2.27. The fourth-order valence-electron chi connectivity index (χ4n) is 2.20. The summed E-state index contributed by atoms with van der Waals surface area (Å²) in [5, 5.41) is 18.1. The lowest BCUT2D eigenvalue weighted by atomic mass is 9.93. The van der Waals surface area contributed by atoms with Gasteiger partial charge in [0, 0.05) is 23.8 Å². The molecule has 0 saturated heterocycles. The van der Waals surface area contributed by atoms with Crippen LogP contribution < -0.4 is 0 Å². The van der Waals surface area contributed by atoms with Gasteiger partial charge in [-0.1, -0.05) is 27.7 Å². The quantitative estimate of drug-likeness (QED) is 0.920. The number of hydrogen-bond acceptors (Lipinski definition) is 4. The van der Waals surface area contributed by atoms with Gasteiger partial charge in [0.1, 0.15) is 6.10 Å². The molecule has 0 radical (unpaired) electrons. The first-order valence-corrected chi connectivity index (χ1v) is 8.42. The fourth-order valence-corrected chi connectivity index (χ4v) is 3.26. The van der Waals surface area contributed by atoms with Crippen molar-refractivity contribution in [2.24, 2.45) is 0 Å². The minimum Gasteiger partial charge on any atom is -0.386 e. The number of nitrogens with zero attached hydrogens (tertiary/aromatic N) is 3. The van der Waals surface area contributed by atoms with Gasteiger partial charge in [-0.3, -0.25) is 4.68 Å². The van der Waals surface area contributed by atoms with Crippen LogP contribution in [-0.4, -0.2) is 19.9 Å². The van der Waals surface area contributed by atoms with Crippen LogP contribution in [0.25, 0.3) is 0 Å². The number of aromatic nitrogens is 3. The molecule has 4 nitrogen and oxygen atoms in total. The second-order valence-electron chi connectivity index (χ2n) is 6.33. The number of aliphatic hydroxyl groups excluding tert-OH is 1. The molecule has 2 aromatic heterocycles. The van der Waals surface area contributed by atoms with Crippen LogP contribution in [0.1, 0.15) is 62.8 Å². The number of aryl methyl sites for hydroxylation is 2. The topological polar surface area (TPSA) is 50.9 Å². The zero-order chi connectivity index (χ0) is 15.6. The lowest BCUT2D eigenvalue weighted by Gasteiger charge is -2.14. The second kappa shape index (κ2) is 6.28. The molecule has 2 rings (SSSR count). The average molecular weight is 307 g/mol. The number of aliphatic hydroxyl groups is 1. The van der Waals surface area contributed by atoms with Gasteiger partial charge in [-0.05, 0) is 19.4 Å². The molecule has 0 spiro atoms. The van der Waals surface area contributed by atoms with E-state index in [1.165, 1.54) is 0 Å². The smallest absolute Gasteiger partial charge is 0.102 e. The first-order valence-electron chi connectivity index (χ1n) is 7.54. The van der Waals surface area contributed by atoms with E-state index >= 15 is 0 Å². The van der Waals surface area contributed by atoms with Crippen molar-refractivity contribution < 1.29 is 5.11 Å². The molecule has 0 amide bonds. The third kappa shape index (κ3) is 3.71. The molecule has 0 fully saturated rings. The standard InChI is InChI=1S/C16H25N3OS/c1-6-11-8-12(19(7-2)18-11)13(20)9-15-17-14(10-21-15)16(3,4)5/h8,10,13,20H,6-7,9H2,1-5H3. The summed E-state index contributed by atoms with van der Waals surface area (Å²) in [4.78, 5) is 4.66. The van der Waals surface area contributed by atoms with Crippen LogP contribution in [0.3, 0.4) is 0 Å². The van der Waals surface area contributed by atoms with Gasteiger partial charge in [0.05, 0.1) is 22.1 Å². The van der Waals surface area contributed by atoms with Crippen LogP contribution in [0.4, 0.5) is 0 Å². The lowest BCUT2D eigenvalue weighted by molar-refractivity contribution is 0.167. The fraction of sp³-hybridized carbons (Fsp3) is 0.625. The van der Waals surface area contributed by atoms with Crippen LogP contribution in [0, 0.1) is 0 Å². The molecule has 0 aromatic carbocycles. The minimum atomic E-state index is -0.545. The summed E-state index contributed by atoms with van der Waals surface area (Å²) in [5.74, 6) is 0. The molecule has 2 aromatic rings. The largest absolute Gasteiger partial charge is 0.386 e. The number of thiazole rings is 1. The van der Waals surface area contributed by atoms with Gasteiger partial charge >= 0.3 is 0 Å². The Bertz CT molecular complexity index is 595. The van der Waals surface area contributed by atoms with E-state index in [4.69, 9.17) is 0 Å². The molecule has 0 aliphatic heterocycles. The first-order chi connectivity index (χ1) is 9.85. The SMILES string of the molecule is CCc1cc(C(O)Cc2nc(C(C)(C)C)cs2)n(CC)n1. The van der Waals surface area contributed by atoms with Crippen molar-refractivity contribution in [1.29, 1.82) is 0 Å². The van der Waals surface area contributed by atoms with Gasteiger partial charge in [-0.2, -0.15) is 5.10 Å². The summed E-state index contributed by atoms with van der Waals surface area (Å²) >= 11 is 1.62. The normalized spacial score (nSPS) is 13.6. The van der Waals surface area contributed by atoms with Crippen LogP contribution in [-0.2, 0) is 24.8 Å². The molecule has 0 aliphatic rings. The molecule has 1 N–H and O–H groups in total. The molecule has 116 valence electrons. The number of hydrogen-bond donors (Lipinski definition) is 1. The third-order valence-corrected chi connectivity index (χ3v) is 4.42. The van der Waals surface area contributed by atoms with Crippen molar-refractivity contribution in [3.8, 4) is 0 Å². The Morgan fingerprint density at radius 3 is 2.57 bits per heavy atom. The van der Waals surface area contributed by atoms with Gasteiger partial charge < -0.3 is 5.11 Å². The van der Waals surface area contributed by atoms with Crippen LogP contribution in [0.5, 0.6) is 0 Å². The van der Waals surface area contributed by atoms with Crippen LogP contribution in [0.2, 0.25) is 0 Å². The molecule has 1 atom stereocenters. The Hall–Kier alpha value is -1.20. The summed E-state index contributed by atoms with van der Waals surface area (Å²) in [5.41, 5.74) is 3.07. The molecule has 2 heterocycles. The summed E-state index contributed by atoms with van der Waals surface area (Å²) in [6, 6.07) is 2.01. The van der Waals surface area contributed by atoms with Crippen molar-refractivity contribution in [3.63, 3.8) is 0 Å². The Morgan fingerprint density at radius 1 is 1.33 bits per heavy atom. The predicted octanol–water partition coefficient (Wildman–Crippen LogP) is 3.50. The zero-order valence-electron chi connectivity index (χ0n) is 13.6. The Balaban J connectivity index is 2.16. The van der Waals surface area contributed by atoms with Crippen molar-refractivity contribution in [1.82, 2.24) is 14.8 Å². The van der Waals surface area contributed by atoms with Crippen molar-refractivity contribution in [2.75, 3.05) is 0 Å². The lowest BCUT2D eigenvalue weighted by Crippen LogP contribution is -2.13. The van der Waals surface area contributed by atoms with E-state index in [0.717, 1.165) is 35.1 Å².